The third kappa shape index (κ3) is 2.29. The maximum atomic E-state index is 10.9. The van der Waals surface area contributed by atoms with Crippen molar-refractivity contribution in [3.05, 3.63) is 23.2 Å². The molecular weight excluding hydrogens is 242 g/mol. The van der Waals surface area contributed by atoms with Gasteiger partial charge in [-0.3, -0.25) is 0 Å². The minimum atomic E-state index is -1.01. The molecule has 0 unspecified atom stereocenters. The van der Waals surface area contributed by atoms with E-state index in [1.165, 1.54) is 0 Å². The summed E-state index contributed by atoms with van der Waals surface area (Å²) in [6.45, 7) is 12.4. The maximum absolute atomic E-state index is 10.9. The predicted octanol–water partition coefficient (Wildman–Crippen LogP) is 3.06. The van der Waals surface area contributed by atoms with E-state index in [9.17, 15) is 4.79 Å². The third-order valence-electron chi connectivity index (χ3n) is 5.13. The Hall–Kier alpha value is -1.29. The molecule has 0 spiro atoms. The molecule has 0 bridgehead atoms. The molecule has 4 nitrogen and oxygen atoms in total. The van der Waals surface area contributed by atoms with E-state index in [0.29, 0.717) is 34.6 Å². The lowest BCUT2D eigenvalue weighted by Crippen LogP contribution is -2.18. The van der Waals surface area contributed by atoms with E-state index < -0.39 is 5.97 Å². The van der Waals surface area contributed by atoms with Gasteiger partial charge in [-0.1, -0.05) is 27.7 Å². The Balaban J connectivity index is 1.88. The molecule has 1 aliphatic carbocycles. The fraction of sp³-hybridized carbons (Fsp3) is 0.667. The molecular formula is C15H23NO3. The first-order valence-electron chi connectivity index (χ1n) is 6.71. The smallest absolute Gasteiger partial charge is 0.372 e. The molecule has 2 N–H and O–H groups in total. The number of carbonyl (C=O) groups is 1. The summed E-state index contributed by atoms with van der Waals surface area (Å²) in [5, 5.41) is 12.3. The molecule has 1 aromatic heterocycles. The van der Waals surface area contributed by atoms with Crippen LogP contribution in [-0.2, 0) is 6.54 Å². The Labute approximate surface area is 114 Å². The lowest BCUT2D eigenvalue weighted by Gasteiger charge is -2.04. The van der Waals surface area contributed by atoms with Gasteiger partial charge < -0.3 is 14.8 Å². The molecule has 19 heavy (non-hydrogen) atoms. The fourth-order valence-electron chi connectivity index (χ4n) is 3.03. The molecule has 0 aliphatic heterocycles. The van der Waals surface area contributed by atoms with Crippen molar-refractivity contribution in [2.45, 2.75) is 41.2 Å². The summed E-state index contributed by atoms with van der Waals surface area (Å²) in [5.41, 5.74) is 1.41. The summed E-state index contributed by atoms with van der Waals surface area (Å²) in [5.74, 6) is 0.373. The van der Waals surface area contributed by atoms with Crippen LogP contribution < -0.4 is 5.32 Å². The van der Waals surface area contributed by atoms with E-state index in [2.05, 4.69) is 33.0 Å². The van der Waals surface area contributed by atoms with Crippen molar-refractivity contribution in [2.75, 3.05) is 6.54 Å². The number of aromatic carboxylic acids is 1. The topological polar surface area (TPSA) is 62.5 Å². The van der Waals surface area contributed by atoms with Gasteiger partial charge in [0, 0.05) is 5.56 Å². The Morgan fingerprint density at radius 3 is 2.37 bits per heavy atom. The van der Waals surface area contributed by atoms with Crippen LogP contribution >= 0.6 is 0 Å². The summed E-state index contributed by atoms with van der Waals surface area (Å²) in [7, 11) is 0. The number of aryl methyl sites for hydroxylation is 1. The molecule has 0 amide bonds. The summed E-state index contributed by atoms with van der Waals surface area (Å²) < 4.78 is 5.32. The largest absolute Gasteiger partial charge is 0.475 e. The number of hydrogen-bond acceptors (Lipinski definition) is 3. The van der Waals surface area contributed by atoms with Gasteiger partial charge in [0.25, 0.3) is 0 Å². The van der Waals surface area contributed by atoms with E-state index in [0.717, 1.165) is 6.54 Å². The van der Waals surface area contributed by atoms with Gasteiger partial charge in [-0.2, -0.15) is 0 Å². The van der Waals surface area contributed by atoms with Gasteiger partial charge in [0.1, 0.15) is 5.76 Å². The molecule has 1 heterocycles. The Morgan fingerprint density at radius 2 is 1.95 bits per heavy atom. The standard InChI is InChI=1S/C15H23NO3/c1-9-6-10(19-12(9)13(17)18)7-16-8-11-14(2,3)15(11,4)5/h6,11,16H,7-8H2,1-5H3,(H,17,18). The molecule has 4 heteroatoms. The first-order chi connectivity index (χ1) is 8.68. The monoisotopic (exact) mass is 265 g/mol. The molecule has 1 aromatic rings. The van der Waals surface area contributed by atoms with Crippen molar-refractivity contribution in [1.82, 2.24) is 5.32 Å². The van der Waals surface area contributed by atoms with Gasteiger partial charge in [0.05, 0.1) is 6.54 Å². The van der Waals surface area contributed by atoms with Crippen molar-refractivity contribution in [1.29, 1.82) is 0 Å². The van der Waals surface area contributed by atoms with Gasteiger partial charge in [-0.25, -0.2) is 4.79 Å². The Morgan fingerprint density at radius 1 is 1.37 bits per heavy atom. The van der Waals surface area contributed by atoms with Crippen molar-refractivity contribution in [3.63, 3.8) is 0 Å². The molecule has 0 aromatic carbocycles. The first-order valence-corrected chi connectivity index (χ1v) is 6.71. The van der Waals surface area contributed by atoms with Crippen LogP contribution in [0.4, 0.5) is 0 Å². The summed E-state index contributed by atoms with van der Waals surface area (Å²) in [6, 6.07) is 1.79. The van der Waals surface area contributed by atoms with Crippen LogP contribution in [0, 0.1) is 23.7 Å². The van der Waals surface area contributed by atoms with E-state index in [1.54, 1.807) is 13.0 Å². The molecule has 1 fully saturated rings. The normalized spacial score (nSPS) is 20.5. The number of hydrogen-bond donors (Lipinski definition) is 2. The first kappa shape index (κ1) is 14.1. The fourth-order valence-corrected chi connectivity index (χ4v) is 3.03. The number of carboxylic acid groups (broad SMARTS) is 1. The van der Waals surface area contributed by atoms with Gasteiger partial charge >= 0.3 is 5.97 Å². The second-order valence-electron chi connectivity index (χ2n) is 6.66. The van der Waals surface area contributed by atoms with Gasteiger partial charge in [0.2, 0.25) is 5.76 Å². The molecule has 0 radical (unpaired) electrons. The van der Waals surface area contributed by atoms with Crippen LogP contribution in [0.15, 0.2) is 10.5 Å². The van der Waals surface area contributed by atoms with E-state index in [-0.39, 0.29) is 5.76 Å². The lowest BCUT2D eigenvalue weighted by atomic mass is 10.0. The second-order valence-corrected chi connectivity index (χ2v) is 6.66. The van der Waals surface area contributed by atoms with E-state index in [1.807, 2.05) is 0 Å². The molecule has 0 atom stereocenters. The predicted molar refractivity (Wildman–Crippen MR) is 73.2 cm³/mol. The van der Waals surface area contributed by atoms with Crippen molar-refractivity contribution >= 4 is 5.97 Å². The molecule has 2 rings (SSSR count). The Bertz CT molecular complexity index is 485. The van der Waals surface area contributed by atoms with Gasteiger partial charge in [0.15, 0.2) is 0 Å². The van der Waals surface area contributed by atoms with E-state index in [4.69, 9.17) is 9.52 Å². The van der Waals surface area contributed by atoms with E-state index >= 15 is 0 Å². The lowest BCUT2D eigenvalue weighted by molar-refractivity contribution is 0.0659. The highest BCUT2D eigenvalue weighted by Crippen LogP contribution is 2.67. The van der Waals surface area contributed by atoms with Crippen molar-refractivity contribution in [3.8, 4) is 0 Å². The summed E-state index contributed by atoms with van der Waals surface area (Å²) in [6.07, 6.45) is 0. The SMILES string of the molecule is Cc1cc(CNCC2C(C)(C)C2(C)C)oc1C(=O)O. The van der Waals surface area contributed by atoms with Crippen molar-refractivity contribution in [2.24, 2.45) is 16.7 Å². The summed E-state index contributed by atoms with van der Waals surface area (Å²) >= 11 is 0. The zero-order chi connectivity index (χ0) is 14.4. The zero-order valence-electron chi connectivity index (χ0n) is 12.3. The number of carboxylic acids is 1. The molecule has 0 saturated heterocycles. The average molecular weight is 265 g/mol. The molecule has 1 saturated carbocycles. The van der Waals surface area contributed by atoms with Crippen LogP contribution in [0.3, 0.4) is 0 Å². The van der Waals surface area contributed by atoms with Gasteiger partial charge in [-0.15, -0.1) is 0 Å². The third-order valence-corrected chi connectivity index (χ3v) is 5.13. The van der Waals surface area contributed by atoms with Crippen LogP contribution in [-0.4, -0.2) is 17.6 Å². The highest BCUT2D eigenvalue weighted by Gasteiger charge is 2.63. The average Bonchev–Trinajstić information content (AvgIpc) is 2.61. The minimum Gasteiger partial charge on any atom is -0.475 e. The van der Waals surface area contributed by atoms with Crippen molar-refractivity contribution < 1.29 is 14.3 Å². The zero-order valence-corrected chi connectivity index (χ0v) is 12.3. The highest BCUT2D eigenvalue weighted by atomic mass is 16.4. The highest BCUT2D eigenvalue weighted by molar-refractivity contribution is 5.86. The van der Waals surface area contributed by atoms with Gasteiger partial charge in [-0.05, 0) is 36.3 Å². The maximum Gasteiger partial charge on any atom is 0.372 e. The molecule has 106 valence electrons. The van der Waals surface area contributed by atoms with Crippen LogP contribution in [0.5, 0.6) is 0 Å². The Kier molecular flexibility index (Phi) is 3.25. The summed E-state index contributed by atoms with van der Waals surface area (Å²) in [4.78, 5) is 10.9. The molecule has 1 aliphatic rings. The van der Waals surface area contributed by atoms with Crippen LogP contribution in [0.25, 0.3) is 0 Å². The van der Waals surface area contributed by atoms with Crippen LogP contribution in [0.1, 0.15) is 49.6 Å². The number of nitrogens with one attached hydrogen (secondary N) is 1. The number of rotatable bonds is 5. The number of furan rings is 1. The van der Waals surface area contributed by atoms with Crippen LogP contribution in [0.2, 0.25) is 0 Å². The second kappa shape index (κ2) is 4.37. The quantitative estimate of drug-likeness (QED) is 0.859. The minimum absolute atomic E-state index is 0.0453.